The molecule has 0 saturated carbocycles. The number of rotatable bonds is 11. The third-order valence-electron chi connectivity index (χ3n) is 12.2. The summed E-state index contributed by atoms with van der Waals surface area (Å²) in [6.07, 6.45) is 7.76. The summed E-state index contributed by atoms with van der Waals surface area (Å²) < 4.78 is 0. The molecule has 0 saturated heterocycles. The lowest BCUT2D eigenvalue weighted by Crippen LogP contribution is -2.44. The van der Waals surface area contributed by atoms with Gasteiger partial charge in [-0.1, -0.05) is 133 Å². The van der Waals surface area contributed by atoms with Gasteiger partial charge in [-0.3, -0.25) is 33.9 Å². The van der Waals surface area contributed by atoms with E-state index in [9.17, 15) is 28.8 Å². The maximum absolute atomic E-state index is 13.1. The Hall–Kier alpha value is -9.20. The van der Waals surface area contributed by atoms with E-state index >= 15 is 0 Å². The Morgan fingerprint density at radius 3 is 1.23 bits per heavy atom. The van der Waals surface area contributed by atoms with Crippen LogP contribution in [0.4, 0.5) is 0 Å². The molecule has 0 bridgehead atoms. The van der Waals surface area contributed by atoms with E-state index in [4.69, 9.17) is 10.8 Å². The maximum atomic E-state index is 13.1. The average Bonchev–Trinajstić information content (AvgIpc) is 3.93. The van der Waals surface area contributed by atoms with Crippen molar-refractivity contribution in [2.75, 3.05) is 0 Å². The number of carboxylic acids is 1. The van der Waals surface area contributed by atoms with E-state index in [1.165, 1.54) is 29.8 Å². The topological polar surface area (TPSA) is 211 Å². The molecule has 0 fully saturated rings. The molecule has 8 aromatic rings. The molecule has 2 aromatic heterocycles. The third-order valence-corrected chi connectivity index (χ3v) is 12.2. The second-order valence-corrected chi connectivity index (χ2v) is 16.8. The number of carboxylic acid groups (broad SMARTS) is 1. The minimum atomic E-state index is -0.997. The van der Waals surface area contributed by atoms with Crippen molar-refractivity contribution in [3.63, 3.8) is 0 Å². The van der Waals surface area contributed by atoms with Crippen LogP contribution >= 0.6 is 0 Å². The Balaban J connectivity index is 0.000000158. The van der Waals surface area contributed by atoms with Gasteiger partial charge in [0.15, 0.2) is 11.6 Å². The summed E-state index contributed by atoms with van der Waals surface area (Å²) in [7, 11) is 0. The minimum absolute atomic E-state index is 0.0435. The fourth-order valence-electron chi connectivity index (χ4n) is 8.46. The van der Waals surface area contributed by atoms with Gasteiger partial charge in [-0.05, 0) is 83.6 Å². The number of ketones is 2. The normalized spacial score (nSPS) is 16.0. The van der Waals surface area contributed by atoms with Crippen LogP contribution in [0.15, 0.2) is 207 Å². The largest absolute Gasteiger partial charge is 0.478 e. The highest BCUT2D eigenvalue weighted by atomic mass is 16.4. The van der Waals surface area contributed by atoms with Gasteiger partial charge < -0.3 is 26.8 Å². The summed E-state index contributed by atoms with van der Waals surface area (Å²) in [6.45, 7) is 0. The molecule has 2 aliphatic carbocycles. The van der Waals surface area contributed by atoms with Crippen LogP contribution < -0.4 is 21.7 Å². The molecule has 0 spiro atoms. The number of pyridine rings is 2. The zero-order valence-corrected chi connectivity index (χ0v) is 38.2. The predicted octanol–water partition coefficient (Wildman–Crippen LogP) is 8.19. The molecule has 10 rings (SSSR count). The number of nitrogens with zero attached hydrogens (tertiary/aromatic N) is 2. The van der Waals surface area contributed by atoms with E-state index in [0.717, 1.165) is 23.1 Å². The van der Waals surface area contributed by atoms with Crippen LogP contribution in [-0.4, -0.2) is 62.4 Å². The summed E-state index contributed by atoms with van der Waals surface area (Å²) in [6, 6.07) is 52.2. The quantitative estimate of drug-likeness (QED) is 0.0785. The highest BCUT2D eigenvalue weighted by Crippen LogP contribution is 2.32. The van der Waals surface area contributed by atoms with Gasteiger partial charge in [0.05, 0.1) is 29.7 Å². The number of hydrogen-bond acceptors (Lipinski definition) is 9. The van der Waals surface area contributed by atoms with Gasteiger partial charge in [0, 0.05) is 63.7 Å². The van der Waals surface area contributed by atoms with Crippen molar-refractivity contribution in [1.82, 2.24) is 25.9 Å². The van der Waals surface area contributed by atoms with Gasteiger partial charge in [-0.2, -0.15) is 0 Å². The van der Waals surface area contributed by atoms with Crippen molar-refractivity contribution < 1.29 is 33.9 Å². The second kappa shape index (κ2) is 22.7. The Labute approximate surface area is 409 Å². The fraction of sp³-hybridized carbons (Fsp3) is 0.103. The van der Waals surface area contributed by atoms with Crippen LogP contribution in [0, 0.1) is 0 Å². The van der Waals surface area contributed by atoms with Crippen LogP contribution in [0.2, 0.25) is 0 Å². The monoisotopic (exact) mass is 940 g/mol. The minimum Gasteiger partial charge on any atom is -0.478 e. The van der Waals surface area contributed by atoms with Gasteiger partial charge in [0.1, 0.15) is 0 Å². The molecule has 2 aliphatic rings. The number of aromatic nitrogens is 2. The van der Waals surface area contributed by atoms with Crippen LogP contribution in [-0.2, 0) is 12.8 Å². The van der Waals surface area contributed by atoms with Crippen molar-refractivity contribution in [3.05, 3.63) is 274 Å². The maximum Gasteiger partial charge on any atom is 0.335 e. The number of fused-ring (bicyclic) bond motifs is 2. The molecule has 6 N–H and O–H groups in total. The molecule has 71 heavy (non-hydrogen) atoms. The smallest absolute Gasteiger partial charge is 0.335 e. The first-order valence-corrected chi connectivity index (χ1v) is 22.8. The molecule has 352 valence electrons. The molecule has 0 unspecified atom stereocenters. The van der Waals surface area contributed by atoms with Crippen LogP contribution in [0.1, 0.15) is 108 Å². The SMILES string of the molecule is N[C@@H]1c2ccccc2C[C@H]1NC(=O)c1ccncc1.O=C(N[C@@H]1c2ccccc2C[C@H]1NC(=O)c1ccncc1)c1ccc(C(=O)c2ccccc2)cc1.O=C(O)c1ccc(C(=O)c2ccccc2)cc1. The lowest BCUT2D eigenvalue weighted by Gasteiger charge is -2.23. The first-order chi connectivity index (χ1) is 34.5. The number of carbonyl (C=O) groups is 6. The number of carbonyl (C=O) groups excluding carboxylic acids is 5. The molecule has 6 aromatic carbocycles. The van der Waals surface area contributed by atoms with Gasteiger partial charge in [-0.15, -0.1) is 0 Å². The number of nitrogens with one attached hydrogen (secondary N) is 3. The van der Waals surface area contributed by atoms with E-state index in [-0.39, 0.29) is 59.0 Å². The lowest BCUT2D eigenvalue weighted by molar-refractivity contribution is 0.0695. The Morgan fingerprint density at radius 2 is 0.746 bits per heavy atom. The van der Waals surface area contributed by atoms with Crippen LogP contribution in [0.5, 0.6) is 0 Å². The summed E-state index contributed by atoms with van der Waals surface area (Å²) in [5.41, 5.74) is 14.5. The average molecular weight is 941 g/mol. The summed E-state index contributed by atoms with van der Waals surface area (Å²) in [4.78, 5) is 81.2. The highest BCUT2D eigenvalue weighted by molar-refractivity contribution is 6.10. The van der Waals surface area contributed by atoms with Gasteiger partial charge in [0.25, 0.3) is 17.7 Å². The Morgan fingerprint density at radius 1 is 0.394 bits per heavy atom. The zero-order valence-electron chi connectivity index (χ0n) is 38.2. The van der Waals surface area contributed by atoms with Crippen LogP contribution in [0.3, 0.4) is 0 Å². The van der Waals surface area contributed by atoms with Crippen molar-refractivity contribution in [3.8, 4) is 0 Å². The summed E-state index contributed by atoms with van der Waals surface area (Å²) in [5, 5.41) is 17.9. The molecule has 0 aliphatic heterocycles. The van der Waals surface area contributed by atoms with Crippen LogP contribution in [0.25, 0.3) is 0 Å². The van der Waals surface area contributed by atoms with Crippen molar-refractivity contribution in [1.29, 1.82) is 0 Å². The Bertz CT molecular complexity index is 3160. The van der Waals surface area contributed by atoms with Crippen molar-refractivity contribution in [2.45, 2.75) is 37.0 Å². The van der Waals surface area contributed by atoms with E-state index in [2.05, 4.69) is 32.0 Å². The third kappa shape index (κ3) is 11.9. The molecular formula is C58H48N6O7. The van der Waals surface area contributed by atoms with Gasteiger partial charge in [-0.25, -0.2) is 4.79 Å². The molecule has 13 heteroatoms. The van der Waals surface area contributed by atoms with E-state index in [1.54, 1.807) is 110 Å². The van der Waals surface area contributed by atoms with E-state index in [0.29, 0.717) is 45.4 Å². The van der Waals surface area contributed by atoms with Gasteiger partial charge in [0.2, 0.25) is 0 Å². The zero-order chi connectivity index (χ0) is 49.7. The Kier molecular flexibility index (Phi) is 15.5. The first-order valence-electron chi connectivity index (χ1n) is 22.8. The highest BCUT2D eigenvalue weighted by Gasteiger charge is 2.35. The molecule has 2 heterocycles. The number of amides is 3. The molecular weight excluding hydrogens is 893 g/mol. The lowest BCUT2D eigenvalue weighted by atomic mass is 10.0. The summed E-state index contributed by atoms with van der Waals surface area (Å²) in [5.74, 6) is -1.79. The molecule has 0 radical (unpaired) electrons. The number of aromatic carboxylic acids is 1. The van der Waals surface area contributed by atoms with E-state index in [1.807, 2.05) is 66.7 Å². The standard InChI is InChI=1S/C29H23N3O3.C15H15N3O.C14H10O3/c33-27(19-6-2-1-3-7-19)20-10-12-21(13-11-20)29(35)32-26-24-9-5-4-8-23(24)18-25(26)31-28(34)22-14-16-30-17-15-22;16-14-12-4-2-1-3-11(12)9-13(14)18-15(19)10-5-7-17-8-6-10;15-13(10-4-2-1-3-5-10)11-6-8-12(9-7-11)14(16)17/h1-17,25-26H,18H2,(H,31,34)(H,32,35);1-8,13-14H,9,16H2,(H,18,19);1-9H,(H,16,17)/t25-,26-;13-,14-;/m11./s1. The van der Waals surface area contributed by atoms with E-state index < -0.39 is 5.97 Å². The molecule has 4 atom stereocenters. The van der Waals surface area contributed by atoms with Gasteiger partial charge >= 0.3 is 5.97 Å². The predicted molar refractivity (Wildman–Crippen MR) is 268 cm³/mol. The number of hydrogen-bond donors (Lipinski definition) is 5. The second-order valence-electron chi connectivity index (χ2n) is 16.8. The van der Waals surface area contributed by atoms with Crippen molar-refractivity contribution >= 4 is 35.3 Å². The summed E-state index contributed by atoms with van der Waals surface area (Å²) >= 11 is 0. The number of nitrogens with two attached hydrogens (primary N) is 1. The van der Waals surface area contributed by atoms with Crippen molar-refractivity contribution in [2.24, 2.45) is 5.73 Å². The first kappa shape index (κ1) is 48.3. The fourth-order valence-corrected chi connectivity index (χ4v) is 8.46. The molecule has 13 nitrogen and oxygen atoms in total. The number of benzene rings is 6. The molecule has 3 amide bonds.